The molecule has 0 radical (unpaired) electrons. The molecule has 0 unspecified atom stereocenters. The lowest BCUT2D eigenvalue weighted by Crippen LogP contribution is -2.16. The van der Waals surface area contributed by atoms with E-state index < -0.39 is 24.4 Å². The summed E-state index contributed by atoms with van der Waals surface area (Å²) >= 11 is 0. The quantitative estimate of drug-likeness (QED) is 0.861. The van der Waals surface area contributed by atoms with Crippen LogP contribution >= 0.6 is 0 Å². The van der Waals surface area contributed by atoms with Gasteiger partial charge in [0.15, 0.2) is 5.78 Å². The average molecular weight is 314 g/mol. The highest BCUT2D eigenvalue weighted by atomic mass is 19.4. The zero-order valence-electron chi connectivity index (χ0n) is 11.6. The van der Waals surface area contributed by atoms with Gasteiger partial charge >= 0.3 is 12.1 Å². The van der Waals surface area contributed by atoms with Crippen LogP contribution in [0, 0.1) is 0 Å². The molecule has 5 nitrogen and oxygen atoms in total. The summed E-state index contributed by atoms with van der Waals surface area (Å²) < 4.78 is 39.9. The Morgan fingerprint density at radius 1 is 1.32 bits per heavy atom. The molecule has 0 bridgehead atoms. The number of imidazole rings is 1. The SMILES string of the molecule is CCC(=O)c1ccc2c(c1)nc(C(F)(F)F)n2CCC(=O)O. The first-order valence-corrected chi connectivity index (χ1v) is 6.56. The summed E-state index contributed by atoms with van der Waals surface area (Å²) in [6.07, 6.45) is -4.92. The number of benzene rings is 1. The molecule has 0 spiro atoms. The first kappa shape index (κ1) is 16.0. The van der Waals surface area contributed by atoms with E-state index in [0.29, 0.717) is 0 Å². The Kier molecular flexibility index (Phi) is 4.20. The number of Topliss-reactive ketones (excluding diaryl/α,β-unsaturated/α-hetero) is 1. The zero-order chi connectivity index (χ0) is 16.5. The van der Waals surface area contributed by atoms with E-state index in [9.17, 15) is 22.8 Å². The Balaban J connectivity index is 2.58. The number of carbonyl (C=O) groups is 2. The number of aromatic nitrogens is 2. The minimum absolute atomic E-state index is 0.0250. The van der Waals surface area contributed by atoms with Gasteiger partial charge in [0.25, 0.3) is 0 Å². The van der Waals surface area contributed by atoms with E-state index in [1.54, 1.807) is 6.92 Å². The van der Waals surface area contributed by atoms with Gasteiger partial charge in [-0.3, -0.25) is 9.59 Å². The van der Waals surface area contributed by atoms with Gasteiger partial charge in [-0.05, 0) is 18.2 Å². The summed E-state index contributed by atoms with van der Waals surface area (Å²) in [4.78, 5) is 25.8. The fraction of sp³-hybridized carbons (Fsp3) is 0.357. The largest absolute Gasteiger partial charge is 0.481 e. The van der Waals surface area contributed by atoms with E-state index in [4.69, 9.17) is 5.11 Å². The third-order valence-corrected chi connectivity index (χ3v) is 3.19. The lowest BCUT2D eigenvalue weighted by Gasteiger charge is -2.10. The van der Waals surface area contributed by atoms with Crippen LogP contribution in [0.2, 0.25) is 0 Å². The van der Waals surface area contributed by atoms with Gasteiger partial charge in [0.2, 0.25) is 5.82 Å². The molecule has 1 heterocycles. The monoisotopic (exact) mass is 314 g/mol. The number of hydrogen-bond acceptors (Lipinski definition) is 3. The number of ketones is 1. The fourth-order valence-corrected chi connectivity index (χ4v) is 2.16. The third kappa shape index (κ3) is 3.10. The van der Waals surface area contributed by atoms with Crippen molar-refractivity contribution in [3.05, 3.63) is 29.6 Å². The second-order valence-corrected chi connectivity index (χ2v) is 4.71. The Labute approximate surface area is 123 Å². The van der Waals surface area contributed by atoms with Gasteiger partial charge < -0.3 is 9.67 Å². The Bertz CT molecular complexity index is 735. The molecule has 1 aromatic carbocycles. The van der Waals surface area contributed by atoms with Crippen molar-refractivity contribution in [2.24, 2.45) is 0 Å². The van der Waals surface area contributed by atoms with Crippen molar-refractivity contribution in [2.75, 3.05) is 0 Å². The highest BCUT2D eigenvalue weighted by Gasteiger charge is 2.37. The summed E-state index contributed by atoms with van der Waals surface area (Å²) in [6, 6.07) is 4.09. The molecule has 2 aromatic rings. The van der Waals surface area contributed by atoms with Crippen LogP contribution in [-0.2, 0) is 17.5 Å². The molecule has 2 rings (SSSR count). The normalized spacial score (nSPS) is 11.8. The maximum Gasteiger partial charge on any atom is 0.449 e. The minimum Gasteiger partial charge on any atom is -0.481 e. The summed E-state index contributed by atoms with van der Waals surface area (Å²) in [5.74, 6) is -2.56. The number of hydrogen-bond donors (Lipinski definition) is 1. The minimum atomic E-state index is -4.70. The van der Waals surface area contributed by atoms with E-state index in [1.165, 1.54) is 18.2 Å². The summed E-state index contributed by atoms with van der Waals surface area (Å²) in [5, 5.41) is 8.67. The van der Waals surface area contributed by atoms with Crippen LogP contribution in [0.5, 0.6) is 0 Å². The number of halogens is 3. The van der Waals surface area contributed by atoms with Crippen molar-refractivity contribution in [1.29, 1.82) is 0 Å². The first-order chi connectivity index (χ1) is 10.2. The molecular formula is C14H13F3N2O3. The molecule has 1 aromatic heterocycles. The molecular weight excluding hydrogens is 301 g/mol. The first-order valence-electron chi connectivity index (χ1n) is 6.56. The number of aliphatic carboxylic acids is 1. The van der Waals surface area contributed by atoms with Crippen molar-refractivity contribution in [2.45, 2.75) is 32.5 Å². The summed E-state index contributed by atoms with van der Waals surface area (Å²) in [5.41, 5.74) is 0.463. The smallest absolute Gasteiger partial charge is 0.449 e. The lowest BCUT2D eigenvalue weighted by atomic mass is 10.1. The van der Waals surface area contributed by atoms with Crippen LogP contribution in [-0.4, -0.2) is 26.4 Å². The van der Waals surface area contributed by atoms with Crippen molar-refractivity contribution in [3.63, 3.8) is 0 Å². The zero-order valence-corrected chi connectivity index (χ0v) is 11.6. The average Bonchev–Trinajstić information content (AvgIpc) is 2.82. The number of aryl methyl sites for hydroxylation is 1. The van der Waals surface area contributed by atoms with Crippen molar-refractivity contribution in [3.8, 4) is 0 Å². The van der Waals surface area contributed by atoms with Gasteiger partial charge in [0.1, 0.15) is 0 Å². The molecule has 0 saturated carbocycles. The van der Waals surface area contributed by atoms with Crippen LogP contribution in [0.3, 0.4) is 0 Å². The number of fused-ring (bicyclic) bond motifs is 1. The summed E-state index contributed by atoms with van der Waals surface area (Å²) in [7, 11) is 0. The molecule has 0 saturated heterocycles. The topological polar surface area (TPSA) is 72.2 Å². The maximum atomic E-state index is 13.0. The molecule has 0 atom stereocenters. The second kappa shape index (κ2) is 5.78. The predicted octanol–water partition coefficient (Wildman–Crippen LogP) is 3.12. The molecule has 0 amide bonds. The van der Waals surface area contributed by atoms with Crippen LogP contribution in [0.4, 0.5) is 13.2 Å². The van der Waals surface area contributed by atoms with Crippen molar-refractivity contribution < 1.29 is 27.9 Å². The molecule has 118 valence electrons. The predicted molar refractivity (Wildman–Crippen MR) is 71.6 cm³/mol. The van der Waals surface area contributed by atoms with E-state index in [0.717, 1.165) is 4.57 Å². The molecule has 0 fully saturated rings. The molecule has 1 N–H and O–H groups in total. The Morgan fingerprint density at radius 3 is 2.55 bits per heavy atom. The van der Waals surface area contributed by atoms with Crippen molar-refractivity contribution in [1.82, 2.24) is 9.55 Å². The van der Waals surface area contributed by atoms with E-state index in [-0.39, 0.29) is 35.3 Å². The molecule has 0 aliphatic rings. The molecule has 22 heavy (non-hydrogen) atoms. The Morgan fingerprint density at radius 2 is 2.00 bits per heavy atom. The van der Waals surface area contributed by atoms with Crippen LogP contribution in [0.1, 0.15) is 35.9 Å². The molecule has 8 heteroatoms. The van der Waals surface area contributed by atoms with E-state index in [1.807, 2.05) is 0 Å². The van der Waals surface area contributed by atoms with Gasteiger partial charge in [-0.2, -0.15) is 13.2 Å². The third-order valence-electron chi connectivity index (χ3n) is 3.19. The van der Waals surface area contributed by atoms with E-state index >= 15 is 0 Å². The van der Waals surface area contributed by atoms with Crippen LogP contribution in [0.25, 0.3) is 11.0 Å². The van der Waals surface area contributed by atoms with Crippen LogP contribution < -0.4 is 0 Å². The Hall–Kier alpha value is -2.38. The molecule has 0 aliphatic heterocycles. The molecule has 0 aliphatic carbocycles. The number of carboxylic acids is 1. The van der Waals surface area contributed by atoms with Gasteiger partial charge in [0, 0.05) is 18.5 Å². The van der Waals surface area contributed by atoms with Gasteiger partial charge in [-0.1, -0.05) is 6.92 Å². The number of carbonyl (C=O) groups excluding carboxylic acids is 1. The van der Waals surface area contributed by atoms with Crippen molar-refractivity contribution >= 4 is 22.8 Å². The van der Waals surface area contributed by atoms with Gasteiger partial charge in [-0.25, -0.2) is 4.98 Å². The lowest BCUT2D eigenvalue weighted by molar-refractivity contribution is -0.148. The van der Waals surface area contributed by atoms with Gasteiger partial charge in [0.05, 0.1) is 17.5 Å². The number of nitrogens with zero attached hydrogens (tertiary/aromatic N) is 2. The highest BCUT2D eigenvalue weighted by Crippen LogP contribution is 2.32. The maximum absolute atomic E-state index is 13.0. The second-order valence-electron chi connectivity index (χ2n) is 4.71. The standard InChI is InChI=1S/C14H13F3N2O3/c1-2-11(20)8-3-4-10-9(7-8)18-13(14(15,16)17)19(10)6-5-12(21)22/h3-4,7H,2,5-6H2,1H3,(H,21,22). The highest BCUT2D eigenvalue weighted by molar-refractivity contribution is 5.98. The van der Waals surface area contributed by atoms with E-state index in [2.05, 4.69) is 4.98 Å². The van der Waals surface area contributed by atoms with Crippen LogP contribution in [0.15, 0.2) is 18.2 Å². The summed E-state index contributed by atoms with van der Waals surface area (Å²) in [6.45, 7) is 1.31. The fourth-order valence-electron chi connectivity index (χ4n) is 2.16. The van der Waals surface area contributed by atoms with Gasteiger partial charge in [-0.15, -0.1) is 0 Å². The number of rotatable bonds is 5. The number of alkyl halides is 3. The number of carboxylic acid groups (broad SMARTS) is 1.